The molecule has 146 valence electrons. The highest BCUT2D eigenvalue weighted by Gasteiger charge is 2.72. The zero-order valence-electron chi connectivity index (χ0n) is 13.5. The van der Waals surface area contributed by atoms with E-state index in [2.05, 4.69) is 4.98 Å². The predicted molar refractivity (Wildman–Crippen MR) is 81.3 cm³/mol. The molecule has 1 heterocycles. The molecule has 0 unspecified atom stereocenters. The molecular weight excluding hydrogens is 383 g/mol. The molecule has 1 aromatic carbocycles. The molecule has 4 nitrogen and oxygen atoms in total. The van der Waals surface area contributed by atoms with Crippen LogP contribution in [0.2, 0.25) is 0 Å². The lowest BCUT2D eigenvalue weighted by Gasteiger charge is -2.38. The van der Waals surface area contributed by atoms with Gasteiger partial charge >= 0.3 is 18.0 Å². The van der Waals surface area contributed by atoms with Crippen LogP contribution in [-0.2, 0) is 0 Å². The summed E-state index contributed by atoms with van der Waals surface area (Å²) in [7, 11) is 0. The molecule has 1 amide bonds. The number of aryl methyl sites for hydroxylation is 1. The van der Waals surface area contributed by atoms with Crippen molar-refractivity contribution in [3.8, 4) is 0 Å². The van der Waals surface area contributed by atoms with Crippen LogP contribution in [0, 0.1) is 12.7 Å². The van der Waals surface area contributed by atoms with Gasteiger partial charge in [-0.25, -0.2) is 9.37 Å². The number of rotatable bonds is 4. The van der Waals surface area contributed by atoms with E-state index in [1.54, 1.807) is 0 Å². The van der Waals surface area contributed by atoms with Gasteiger partial charge in [-0.2, -0.15) is 26.3 Å². The molecule has 0 radical (unpaired) electrons. The number of amides is 1. The Balaban J connectivity index is 2.51. The molecule has 0 aliphatic rings. The lowest BCUT2D eigenvalue weighted by atomic mass is 10.1. The number of hydrogen-bond acceptors (Lipinski definition) is 3. The van der Waals surface area contributed by atoms with Crippen molar-refractivity contribution in [3.63, 3.8) is 0 Å². The van der Waals surface area contributed by atoms with E-state index in [1.165, 1.54) is 18.3 Å². The number of nitrogens with one attached hydrogen (secondary N) is 2. The average molecular weight is 395 g/mol. The second-order valence-corrected chi connectivity index (χ2v) is 5.56. The van der Waals surface area contributed by atoms with Gasteiger partial charge in [0.25, 0.3) is 5.91 Å². The summed E-state index contributed by atoms with van der Waals surface area (Å²) in [5.74, 6) is -3.54. The molecule has 11 heteroatoms. The first-order valence-electron chi connectivity index (χ1n) is 7.28. The van der Waals surface area contributed by atoms with E-state index in [0.717, 1.165) is 35.8 Å². The molecule has 0 saturated carbocycles. The third-order valence-corrected chi connectivity index (χ3v) is 3.47. The van der Waals surface area contributed by atoms with Gasteiger partial charge in [0.05, 0.1) is 0 Å². The molecule has 1 aromatic heterocycles. The van der Waals surface area contributed by atoms with E-state index in [-0.39, 0.29) is 0 Å². The lowest BCUT2D eigenvalue weighted by Crippen LogP contribution is -2.72. The van der Waals surface area contributed by atoms with Crippen molar-refractivity contribution in [2.45, 2.75) is 24.9 Å². The molecular formula is C16H12F7N3O. The summed E-state index contributed by atoms with van der Waals surface area (Å²) in [6, 6.07) is 5.38. The van der Waals surface area contributed by atoms with Crippen molar-refractivity contribution in [2.75, 3.05) is 5.32 Å². The molecule has 0 atom stereocenters. The number of aromatic nitrogens is 1. The van der Waals surface area contributed by atoms with E-state index in [0.29, 0.717) is 11.6 Å². The number of carbonyl (C=O) groups excluding carboxylic acids is 1. The Morgan fingerprint density at radius 2 is 1.63 bits per heavy atom. The Kier molecular flexibility index (Phi) is 5.34. The minimum atomic E-state index is -6.00. The number of nitrogens with zero attached hydrogens (tertiary/aromatic N) is 1. The molecule has 2 rings (SSSR count). The molecule has 0 spiro atoms. The summed E-state index contributed by atoms with van der Waals surface area (Å²) in [6.07, 6.45) is -10.9. The number of carbonyl (C=O) groups is 1. The fourth-order valence-corrected chi connectivity index (χ4v) is 2.08. The van der Waals surface area contributed by atoms with Crippen molar-refractivity contribution >= 4 is 11.7 Å². The Bertz CT molecular complexity index is 802. The fraction of sp³-hybridized carbons (Fsp3) is 0.250. The summed E-state index contributed by atoms with van der Waals surface area (Å²) in [5, 5.41) is 2.14. The maximum absolute atomic E-state index is 13.5. The maximum atomic E-state index is 13.5. The van der Waals surface area contributed by atoms with Gasteiger partial charge in [0.1, 0.15) is 11.6 Å². The molecule has 0 saturated heterocycles. The van der Waals surface area contributed by atoms with Crippen LogP contribution in [0.3, 0.4) is 0 Å². The molecule has 2 aromatic rings. The van der Waals surface area contributed by atoms with Crippen LogP contribution in [0.5, 0.6) is 0 Å². The Labute approximate surface area is 148 Å². The Morgan fingerprint density at radius 1 is 1.00 bits per heavy atom. The second-order valence-electron chi connectivity index (χ2n) is 5.56. The molecule has 0 aliphatic heterocycles. The smallest absolute Gasteiger partial charge is 0.332 e. The third-order valence-electron chi connectivity index (χ3n) is 3.47. The number of pyridine rings is 1. The van der Waals surface area contributed by atoms with Crippen molar-refractivity contribution < 1.29 is 35.5 Å². The highest BCUT2D eigenvalue weighted by atomic mass is 19.4. The van der Waals surface area contributed by atoms with Crippen LogP contribution in [0.25, 0.3) is 0 Å². The first-order chi connectivity index (χ1) is 12.4. The van der Waals surface area contributed by atoms with Crippen molar-refractivity contribution in [3.05, 3.63) is 59.5 Å². The van der Waals surface area contributed by atoms with E-state index >= 15 is 0 Å². The molecule has 27 heavy (non-hydrogen) atoms. The number of anilines is 1. The largest absolute Gasteiger partial charge is 0.439 e. The van der Waals surface area contributed by atoms with Gasteiger partial charge < -0.3 is 10.6 Å². The van der Waals surface area contributed by atoms with Gasteiger partial charge in [0, 0.05) is 11.8 Å². The third kappa shape index (κ3) is 4.29. The number of alkyl halides is 6. The maximum Gasteiger partial charge on any atom is 0.439 e. The van der Waals surface area contributed by atoms with Crippen molar-refractivity contribution in [1.29, 1.82) is 0 Å². The lowest BCUT2D eigenvalue weighted by molar-refractivity contribution is -0.294. The van der Waals surface area contributed by atoms with Crippen LogP contribution in [0.15, 0.2) is 42.6 Å². The number of benzene rings is 1. The molecule has 0 bridgehead atoms. The van der Waals surface area contributed by atoms with E-state index < -0.39 is 41.1 Å². The summed E-state index contributed by atoms with van der Waals surface area (Å²) in [4.78, 5) is 15.5. The quantitative estimate of drug-likeness (QED) is 0.603. The van der Waals surface area contributed by atoms with Gasteiger partial charge in [-0.1, -0.05) is 12.1 Å². The SMILES string of the molecule is Cc1ccc(NC(NC(=O)c2cccc(F)c2)(C(F)(F)F)C(F)(F)F)nc1. The highest BCUT2D eigenvalue weighted by molar-refractivity contribution is 5.95. The minimum absolute atomic E-state index is 0.494. The minimum Gasteiger partial charge on any atom is -0.332 e. The van der Waals surface area contributed by atoms with E-state index in [9.17, 15) is 35.5 Å². The van der Waals surface area contributed by atoms with Crippen LogP contribution >= 0.6 is 0 Å². The Morgan fingerprint density at radius 3 is 2.11 bits per heavy atom. The zero-order valence-corrected chi connectivity index (χ0v) is 13.5. The van der Waals surface area contributed by atoms with Gasteiger partial charge in [-0.15, -0.1) is 0 Å². The molecule has 2 N–H and O–H groups in total. The highest BCUT2D eigenvalue weighted by Crippen LogP contribution is 2.43. The van der Waals surface area contributed by atoms with Crippen molar-refractivity contribution in [2.24, 2.45) is 0 Å². The second kappa shape index (κ2) is 7.05. The first-order valence-corrected chi connectivity index (χ1v) is 7.28. The first kappa shape index (κ1) is 20.5. The van der Waals surface area contributed by atoms with E-state index in [1.807, 2.05) is 0 Å². The number of hydrogen-bond donors (Lipinski definition) is 2. The fourth-order valence-electron chi connectivity index (χ4n) is 2.08. The summed E-state index contributed by atoms with van der Waals surface area (Å²) in [6.45, 7) is 1.53. The normalized spacial score (nSPS) is 12.6. The van der Waals surface area contributed by atoms with E-state index in [4.69, 9.17) is 0 Å². The molecule has 0 fully saturated rings. The summed E-state index contributed by atoms with van der Waals surface area (Å²) >= 11 is 0. The van der Waals surface area contributed by atoms with Gasteiger partial charge in [0.2, 0.25) is 0 Å². The van der Waals surface area contributed by atoms with Crippen LogP contribution in [0.1, 0.15) is 15.9 Å². The topological polar surface area (TPSA) is 54.0 Å². The van der Waals surface area contributed by atoms with Gasteiger partial charge in [0.15, 0.2) is 0 Å². The Hall–Kier alpha value is -2.85. The zero-order chi connectivity index (χ0) is 20.5. The number of halogens is 7. The average Bonchev–Trinajstić information content (AvgIpc) is 2.54. The van der Waals surface area contributed by atoms with Gasteiger partial charge in [-0.3, -0.25) is 4.79 Å². The van der Waals surface area contributed by atoms with Gasteiger partial charge in [-0.05, 0) is 36.8 Å². The molecule has 0 aliphatic carbocycles. The summed E-state index contributed by atoms with van der Waals surface area (Å²) < 4.78 is 94.1. The predicted octanol–water partition coefficient (Wildman–Crippen LogP) is 4.19. The summed E-state index contributed by atoms with van der Waals surface area (Å²) in [5.41, 5.74) is -5.06. The van der Waals surface area contributed by atoms with Crippen molar-refractivity contribution in [1.82, 2.24) is 10.3 Å². The van der Waals surface area contributed by atoms with Crippen LogP contribution in [-0.4, -0.2) is 28.9 Å². The monoisotopic (exact) mass is 395 g/mol. The van der Waals surface area contributed by atoms with Crippen LogP contribution < -0.4 is 10.6 Å². The van der Waals surface area contributed by atoms with Crippen LogP contribution in [0.4, 0.5) is 36.6 Å². The standard InChI is InChI=1S/C16H12F7N3O/c1-9-5-6-12(24-8-9)25-14(15(18,19)20,16(21,22)23)26-13(27)10-3-2-4-11(17)7-10/h2-8H,1H3,(H,24,25)(H,26,27).